The van der Waals surface area contributed by atoms with Crippen molar-refractivity contribution in [2.24, 2.45) is 0 Å². The maximum atomic E-state index is 5.78. The van der Waals surface area contributed by atoms with E-state index in [4.69, 9.17) is 34.1 Å². The molecule has 6 rings (SSSR count). The van der Waals surface area contributed by atoms with Crippen molar-refractivity contribution in [3.8, 4) is 22.5 Å². The third kappa shape index (κ3) is 6.82. The first kappa shape index (κ1) is 32.8. The minimum Gasteiger partial charge on any atom is -0.353 e. The van der Waals surface area contributed by atoms with Gasteiger partial charge in [0, 0.05) is 59.3 Å². The van der Waals surface area contributed by atoms with E-state index < -0.39 is 11.6 Å². The predicted octanol–water partition coefficient (Wildman–Crippen LogP) is 5.87. The van der Waals surface area contributed by atoms with Gasteiger partial charge in [0.05, 0.1) is 16.9 Å². The first-order valence-corrected chi connectivity index (χ1v) is 16.2. The number of hydrogen-bond acceptors (Lipinski definition) is 10. The summed E-state index contributed by atoms with van der Waals surface area (Å²) >= 11 is 0. The van der Waals surface area contributed by atoms with Crippen LogP contribution in [0.25, 0.3) is 33.5 Å². The van der Waals surface area contributed by atoms with Gasteiger partial charge in [0.2, 0.25) is 5.82 Å². The summed E-state index contributed by atoms with van der Waals surface area (Å²) in [6, 6.07) is 16.7. The van der Waals surface area contributed by atoms with Gasteiger partial charge in [-0.05, 0) is 48.6 Å². The van der Waals surface area contributed by atoms with E-state index in [9.17, 15) is 0 Å². The molecule has 5 aromatic rings. The molecular weight excluding hydrogens is 596 g/mol. The molecule has 12 heteroatoms. The standard InChI is InChI=1S/C35H44N8O4/c1-34(44-3,45-4)20-28-30-31(29(38-37-28)21-35(2,46-5)47-6)43(33(36-30)25-12-8-7-9-13-25)22-23-16-18-24(19-17-23)26-14-10-11-15-27(26)32-39-41-42-40-32/h10-11,14-19,25H,7-9,12-13,20-22H2,1-6H3,(H,39,40,41,42). The monoisotopic (exact) mass is 640 g/mol. The quantitative estimate of drug-likeness (QED) is 0.156. The highest BCUT2D eigenvalue weighted by Gasteiger charge is 2.33. The fraction of sp³-hybridized carbons (Fsp3) is 0.486. The number of ether oxygens (including phenoxy) is 4. The second-order valence-corrected chi connectivity index (χ2v) is 12.6. The van der Waals surface area contributed by atoms with Crippen LogP contribution < -0.4 is 0 Å². The maximum Gasteiger partial charge on any atom is 0.205 e. The van der Waals surface area contributed by atoms with Crippen molar-refractivity contribution in [1.82, 2.24) is 40.4 Å². The molecule has 12 nitrogen and oxygen atoms in total. The van der Waals surface area contributed by atoms with Crippen molar-refractivity contribution in [1.29, 1.82) is 0 Å². The number of aromatic amines is 1. The molecule has 1 aliphatic rings. The number of aromatic nitrogens is 8. The van der Waals surface area contributed by atoms with Crippen molar-refractivity contribution >= 4 is 11.0 Å². The van der Waals surface area contributed by atoms with Gasteiger partial charge < -0.3 is 23.5 Å². The van der Waals surface area contributed by atoms with Gasteiger partial charge in [0.25, 0.3) is 0 Å². The number of H-pyrrole nitrogens is 1. The Bertz CT molecular complexity index is 1770. The Balaban J connectivity index is 1.47. The fourth-order valence-electron chi connectivity index (χ4n) is 6.49. The lowest BCUT2D eigenvalue weighted by molar-refractivity contribution is -0.193. The lowest BCUT2D eigenvalue weighted by Gasteiger charge is -2.27. The normalized spacial score (nSPS) is 14.7. The molecule has 1 saturated carbocycles. The summed E-state index contributed by atoms with van der Waals surface area (Å²) in [5.41, 5.74) is 7.43. The summed E-state index contributed by atoms with van der Waals surface area (Å²) in [6.45, 7) is 4.43. The van der Waals surface area contributed by atoms with Gasteiger partial charge in [0.1, 0.15) is 11.3 Å². The van der Waals surface area contributed by atoms with Gasteiger partial charge in [-0.3, -0.25) is 0 Å². The van der Waals surface area contributed by atoms with Crippen LogP contribution in [-0.2, 0) is 38.3 Å². The molecule has 0 saturated heterocycles. The summed E-state index contributed by atoms with van der Waals surface area (Å²) < 4.78 is 25.4. The molecule has 3 aromatic heterocycles. The molecule has 0 radical (unpaired) electrons. The zero-order valence-corrected chi connectivity index (χ0v) is 28.1. The van der Waals surface area contributed by atoms with E-state index in [1.807, 2.05) is 32.0 Å². The van der Waals surface area contributed by atoms with Gasteiger partial charge >= 0.3 is 0 Å². The van der Waals surface area contributed by atoms with Crippen LogP contribution in [0.2, 0.25) is 0 Å². The number of imidazole rings is 1. The van der Waals surface area contributed by atoms with E-state index in [0.29, 0.717) is 31.1 Å². The van der Waals surface area contributed by atoms with Gasteiger partial charge in [-0.25, -0.2) is 4.98 Å². The third-order valence-electron chi connectivity index (χ3n) is 9.63. The van der Waals surface area contributed by atoms with Crippen molar-refractivity contribution in [3.63, 3.8) is 0 Å². The second-order valence-electron chi connectivity index (χ2n) is 12.6. The Morgan fingerprint density at radius 2 is 1.38 bits per heavy atom. The van der Waals surface area contributed by atoms with Crippen LogP contribution in [0.1, 0.15) is 74.6 Å². The smallest absolute Gasteiger partial charge is 0.205 e. The summed E-state index contributed by atoms with van der Waals surface area (Å²) in [5.74, 6) is 0.208. The van der Waals surface area contributed by atoms with Crippen LogP contribution in [0, 0.1) is 0 Å². The Morgan fingerprint density at radius 1 is 0.766 bits per heavy atom. The van der Waals surface area contributed by atoms with Crippen molar-refractivity contribution in [3.05, 3.63) is 71.3 Å². The number of benzene rings is 2. The SMILES string of the molecule is COC(C)(Cc1nnc(CC(C)(OC)OC)c2c1nc(C1CCCCC1)n2Cc1ccc(-c2ccccc2-c2nn[nH]n2)cc1)OC. The highest BCUT2D eigenvalue weighted by atomic mass is 16.7. The zero-order valence-electron chi connectivity index (χ0n) is 28.1. The first-order valence-electron chi connectivity index (χ1n) is 16.2. The van der Waals surface area contributed by atoms with E-state index in [0.717, 1.165) is 63.3 Å². The van der Waals surface area contributed by atoms with Gasteiger partial charge in [-0.1, -0.05) is 67.8 Å². The molecule has 1 aliphatic carbocycles. The van der Waals surface area contributed by atoms with Crippen LogP contribution >= 0.6 is 0 Å². The van der Waals surface area contributed by atoms with Crippen molar-refractivity contribution in [2.45, 2.75) is 82.8 Å². The van der Waals surface area contributed by atoms with Crippen molar-refractivity contribution in [2.75, 3.05) is 28.4 Å². The van der Waals surface area contributed by atoms with Crippen LogP contribution in [0.3, 0.4) is 0 Å². The number of rotatable bonds is 13. The van der Waals surface area contributed by atoms with Crippen LogP contribution in [0.5, 0.6) is 0 Å². The molecule has 0 amide bonds. The summed E-state index contributed by atoms with van der Waals surface area (Å²) in [6.07, 6.45) is 6.63. The van der Waals surface area contributed by atoms with Crippen molar-refractivity contribution < 1.29 is 18.9 Å². The third-order valence-corrected chi connectivity index (χ3v) is 9.63. The summed E-state index contributed by atoms with van der Waals surface area (Å²) in [4.78, 5) is 5.38. The molecule has 0 unspecified atom stereocenters. The average molecular weight is 641 g/mol. The largest absolute Gasteiger partial charge is 0.353 e. The molecule has 0 spiro atoms. The molecule has 0 bridgehead atoms. The van der Waals surface area contributed by atoms with Crippen LogP contribution in [-0.4, -0.2) is 80.4 Å². The first-order chi connectivity index (χ1) is 22.8. The van der Waals surface area contributed by atoms with E-state index in [2.05, 4.69) is 55.5 Å². The Hall–Kier alpha value is -4.10. The van der Waals surface area contributed by atoms with E-state index in [-0.39, 0.29) is 0 Å². The minimum atomic E-state index is -0.884. The highest BCUT2D eigenvalue weighted by Crippen LogP contribution is 2.37. The molecule has 1 fully saturated rings. The van der Waals surface area contributed by atoms with Gasteiger partial charge in [-0.2, -0.15) is 15.4 Å². The lowest BCUT2D eigenvalue weighted by atomic mass is 9.88. The fourth-order valence-corrected chi connectivity index (χ4v) is 6.49. The summed E-state index contributed by atoms with van der Waals surface area (Å²) in [7, 11) is 6.57. The van der Waals surface area contributed by atoms with E-state index >= 15 is 0 Å². The Kier molecular flexibility index (Phi) is 9.74. The number of fused-ring (bicyclic) bond motifs is 1. The molecule has 3 heterocycles. The number of nitrogens with zero attached hydrogens (tertiary/aromatic N) is 7. The highest BCUT2D eigenvalue weighted by molar-refractivity contribution is 5.82. The molecule has 2 aromatic carbocycles. The topological polar surface area (TPSA) is 135 Å². The average Bonchev–Trinajstić information content (AvgIpc) is 3.80. The van der Waals surface area contributed by atoms with E-state index in [1.54, 1.807) is 28.4 Å². The van der Waals surface area contributed by atoms with Crippen LogP contribution in [0.4, 0.5) is 0 Å². The van der Waals surface area contributed by atoms with Gasteiger partial charge in [0.15, 0.2) is 11.6 Å². The Morgan fingerprint density at radius 3 is 2.00 bits per heavy atom. The number of tetrazole rings is 1. The maximum absolute atomic E-state index is 5.78. The molecule has 47 heavy (non-hydrogen) atoms. The summed E-state index contributed by atoms with van der Waals surface area (Å²) in [5, 5.41) is 24.2. The van der Waals surface area contributed by atoms with E-state index in [1.165, 1.54) is 19.3 Å². The lowest BCUT2D eigenvalue weighted by Crippen LogP contribution is -2.34. The Labute approximate surface area is 275 Å². The molecular formula is C35H44N8O4. The molecule has 248 valence electrons. The zero-order chi connectivity index (χ0) is 33.0. The molecule has 0 atom stereocenters. The second kappa shape index (κ2) is 13.9. The van der Waals surface area contributed by atoms with Gasteiger partial charge in [-0.15, -0.1) is 10.2 Å². The number of hydrogen-bond donors (Lipinski definition) is 1. The molecule has 0 aliphatic heterocycles. The predicted molar refractivity (Wildman–Crippen MR) is 178 cm³/mol. The number of methoxy groups -OCH3 is 4. The number of nitrogens with one attached hydrogen (secondary N) is 1. The van der Waals surface area contributed by atoms with Crippen LogP contribution in [0.15, 0.2) is 48.5 Å². The molecule has 1 N–H and O–H groups in total. The minimum absolute atomic E-state index is 0.338.